The Balaban J connectivity index is 1.92. The fraction of sp³-hybridized carbons (Fsp3) is 0.357. The zero-order valence-corrected chi connectivity index (χ0v) is 11.9. The van der Waals surface area contributed by atoms with E-state index in [9.17, 15) is 4.79 Å². The Morgan fingerprint density at radius 2 is 2.14 bits per heavy atom. The van der Waals surface area contributed by atoms with Gasteiger partial charge >= 0.3 is 12.0 Å². The van der Waals surface area contributed by atoms with Gasteiger partial charge in [0, 0.05) is 13.1 Å². The molecule has 1 amide bonds. The second-order valence-electron chi connectivity index (χ2n) is 4.48. The molecular formula is C14H19N3O4. The minimum atomic E-state index is -0.384. The number of nitrogens with zero attached hydrogens (tertiary/aromatic N) is 1. The van der Waals surface area contributed by atoms with E-state index in [2.05, 4.69) is 10.2 Å². The fourth-order valence-corrected chi connectivity index (χ4v) is 2.01. The van der Waals surface area contributed by atoms with Crippen molar-refractivity contribution in [2.24, 2.45) is 5.90 Å². The van der Waals surface area contributed by atoms with Crippen molar-refractivity contribution in [1.82, 2.24) is 10.2 Å². The van der Waals surface area contributed by atoms with Crippen molar-refractivity contribution < 1.29 is 19.1 Å². The molecule has 0 aromatic heterocycles. The van der Waals surface area contributed by atoms with Crippen molar-refractivity contribution in [3.63, 3.8) is 0 Å². The molecule has 1 aromatic carbocycles. The highest BCUT2D eigenvalue weighted by molar-refractivity contribution is 5.68. The van der Waals surface area contributed by atoms with Crippen LogP contribution >= 0.6 is 0 Å². The monoisotopic (exact) mass is 293 g/mol. The van der Waals surface area contributed by atoms with E-state index in [0.29, 0.717) is 25.3 Å². The number of carbonyl (C=O) groups is 1. The Hall–Kier alpha value is -2.41. The van der Waals surface area contributed by atoms with Crippen molar-refractivity contribution in [3.05, 3.63) is 47.5 Å². The van der Waals surface area contributed by atoms with E-state index in [1.807, 2.05) is 30.3 Å². The topological polar surface area (TPSA) is 86.1 Å². The first-order valence-corrected chi connectivity index (χ1v) is 6.58. The Morgan fingerprint density at radius 3 is 2.81 bits per heavy atom. The Kier molecular flexibility index (Phi) is 5.28. The predicted molar refractivity (Wildman–Crippen MR) is 75.5 cm³/mol. The molecule has 1 aliphatic heterocycles. The van der Waals surface area contributed by atoms with Crippen LogP contribution in [0.1, 0.15) is 5.56 Å². The average molecular weight is 293 g/mol. The van der Waals surface area contributed by atoms with Crippen molar-refractivity contribution in [2.75, 3.05) is 26.7 Å². The Bertz CT molecular complexity index is 498. The van der Waals surface area contributed by atoms with Gasteiger partial charge in [-0.3, -0.25) is 0 Å². The first kappa shape index (κ1) is 15.0. The van der Waals surface area contributed by atoms with Gasteiger partial charge in [0.1, 0.15) is 12.3 Å². The molecule has 0 atom stereocenters. The highest BCUT2D eigenvalue weighted by Crippen LogP contribution is 2.11. The number of benzene rings is 1. The second-order valence-corrected chi connectivity index (χ2v) is 4.48. The molecule has 0 radical (unpaired) electrons. The summed E-state index contributed by atoms with van der Waals surface area (Å²) in [4.78, 5) is 18.2. The Morgan fingerprint density at radius 1 is 1.38 bits per heavy atom. The van der Waals surface area contributed by atoms with Crippen molar-refractivity contribution in [3.8, 4) is 0 Å². The molecule has 0 saturated carbocycles. The van der Waals surface area contributed by atoms with Crippen LogP contribution in [-0.2, 0) is 20.9 Å². The Labute approximate surface area is 123 Å². The lowest BCUT2D eigenvalue weighted by molar-refractivity contribution is 0.0494. The molecule has 2 rings (SSSR count). The van der Waals surface area contributed by atoms with E-state index in [4.69, 9.17) is 15.4 Å². The van der Waals surface area contributed by atoms with E-state index < -0.39 is 0 Å². The number of hydrogen-bond acceptors (Lipinski definition) is 6. The first-order valence-electron chi connectivity index (χ1n) is 6.58. The maximum absolute atomic E-state index is 12.1. The molecular weight excluding hydrogens is 274 g/mol. The molecule has 114 valence electrons. The third-order valence-electron chi connectivity index (χ3n) is 3.07. The quantitative estimate of drug-likeness (QED) is 0.634. The van der Waals surface area contributed by atoms with Gasteiger partial charge in [-0.1, -0.05) is 30.3 Å². The molecule has 1 fully saturated rings. The van der Waals surface area contributed by atoms with Crippen molar-refractivity contribution in [2.45, 2.75) is 6.61 Å². The largest absolute Gasteiger partial charge is 0.466 e. The van der Waals surface area contributed by atoms with Gasteiger partial charge in [0.25, 0.3) is 0 Å². The number of methoxy groups -OCH3 is 1. The maximum atomic E-state index is 12.1. The van der Waals surface area contributed by atoms with Gasteiger partial charge in [0.05, 0.1) is 13.7 Å². The average Bonchev–Trinajstić information content (AvgIpc) is 2.55. The molecule has 21 heavy (non-hydrogen) atoms. The number of rotatable bonds is 4. The van der Waals surface area contributed by atoms with E-state index in [-0.39, 0.29) is 18.6 Å². The minimum Gasteiger partial charge on any atom is -0.466 e. The minimum absolute atomic E-state index is 0.163. The molecule has 0 spiro atoms. The van der Waals surface area contributed by atoms with Gasteiger partial charge in [-0.2, -0.15) is 5.90 Å². The lowest BCUT2D eigenvalue weighted by atomic mass is 10.2. The van der Waals surface area contributed by atoms with Crippen molar-refractivity contribution >= 4 is 6.09 Å². The number of piperazine rings is 1. The summed E-state index contributed by atoms with van der Waals surface area (Å²) >= 11 is 0. The number of carbonyl (C=O) groups excluding carboxylic acids is 1. The summed E-state index contributed by atoms with van der Waals surface area (Å²) in [5, 5.41) is 3.08. The summed E-state index contributed by atoms with van der Waals surface area (Å²) in [6.07, 6.45) is -0.384. The molecule has 7 heteroatoms. The van der Waals surface area contributed by atoms with Crippen LogP contribution in [0, 0.1) is 0 Å². The third-order valence-corrected chi connectivity index (χ3v) is 3.07. The van der Waals surface area contributed by atoms with Crippen molar-refractivity contribution in [1.29, 1.82) is 0 Å². The predicted octanol–water partition coefficient (Wildman–Crippen LogP) is 0.934. The van der Waals surface area contributed by atoms with Gasteiger partial charge in [-0.05, 0) is 5.56 Å². The zero-order chi connectivity index (χ0) is 15.1. The smallest absolute Gasteiger partial charge is 0.410 e. The summed E-state index contributed by atoms with van der Waals surface area (Å²) in [5.41, 5.74) is 1.56. The number of amides is 1. The summed E-state index contributed by atoms with van der Waals surface area (Å²) in [6.45, 7) is 1.66. The molecule has 3 N–H and O–H groups in total. The lowest BCUT2D eigenvalue weighted by Gasteiger charge is -2.29. The summed E-state index contributed by atoms with van der Waals surface area (Å²) in [5.74, 6) is 5.28. The maximum Gasteiger partial charge on any atom is 0.410 e. The summed E-state index contributed by atoms with van der Waals surface area (Å²) in [7, 11) is 1.45. The number of nitrogens with one attached hydrogen (secondary N) is 1. The number of nitrogens with two attached hydrogens (primary N) is 1. The highest BCUT2D eigenvalue weighted by atomic mass is 16.7. The van der Waals surface area contributed by atoms with E-state index in [1.165, 1.54) is 7.11 Å². The third kappa shape index (κ3) is 4.03. The molecule has 1 aliphatic rings. The van der Waals surface area contributed by atoms with Crippen LogP contribution in [-0.4, -0.2) is 37.7 Å². The van der Waals surface area contributed by atoms with Gasteiger partial charge in [0.15, 0.2) is 0 Å². The molecule has 0 aliphatic carbocycles. The van der Waals surface area contributed by atoms with E-state index in [0.717, 1.165) is 5.56 Å². The van der Waals surface area contributed by atoms with E-state index in [1.54, 1.807) is 4.90 Å². The molecule has 7 nitrogen and oxygen atoms in total. The summed E-state index contributed by atoms with van der Waals surface area (Å²) in [6, 6.07) is 9.53. The lowest BCUT2D eigenvalue weighted by Crippen LogP contribution is -2.46. The molecule has 1 aromatic rings. The first-order chi connectivity index (χ1) is 10.2. The van der Waals surface area contributed by atoms with Crippen LogP contribution in [0.2, 0.25) is 0 Å². The molecule has 1 saturated heterocycles. The zero-order valence-electron chi connectivity index (χ0n) is 11.9. The SMILES string of the molecule is CO/C(ON)=C1\CN(C(=O)OCc2ccccc2)CCN1. The second kappa shape index (κ2) is 7.39. The van der Waals surface area contributed by atoms with Crippen LogP contribution in [0.4, 0.5) is 4.79 Å². The molecule has 0 unspecified atom stereocenters. The summed E-state index contributed by atoms with van der Waals surface area (Å²) < 4.78 is 10.3. The highest BCUT2D eigenvalue weighted by Gasteiger charge is 2.23. The number of hydrogen-bond donors (Lipinski definition) is 2. The van der Waals surface area contributed by atoms with Crippen LogP contribution in [0.5, 0.6) is 0 Å². The van der Waals surface area contributed by atoms with Crippen LogP contribution in [0.3, 0.4) is 0 Å². The van der Waals surface area contributed by atoms with Crippen LogP contribution < -0.4 is 11.2 Å². The number of ether oxygens (including phenoxy) is 2. The van der Waals surface area contributed by atoms with Crippen LogP contribution in [0.15, 0.2) is 42.0 Å². The van der Waals surface area contributed by atoms with E-state index >= 15 is 0 Å². The fourth-order valence-electron chi connectivity index (χ4n) is 2.01. The standard InChI is InChI=1S/C14H19N3O4/c1-19-13(21-15)12-9-17(8-7-16-12)14(18)20-10-11-5-3-2-4-6-11/h2-6,16H,7-10,15H2,1H3/b13-12-. The van der Waals surface area contributed by atoms with Gasteiger partial charge in [-0.15, -0.1) is 0 Å². The van der Waals surface area contributed by atoms with Gasteiger partial charge < -0.3 is 24.5 Å². The molecule has 1 heterocycles. The normalized spacial score (nSPS) is 16.8. The van der Waals surface area contributed by atoms with Crippen LogP contribution in [0.25, 0.3) is 0 Å². The van der Waals surface area contributed by atoms with Gasteiger partial charge in [-0.25, -0.2) is 4.79 Å². The van der Waals surface area contributed by atoms with Gasteiger partial charge in [0.2, 0.25) is 0 Å². The molecule has 0 bridgehead atoms.